The fourth-order valence-corrected chi connectivity index (χ4v) is 3.05. The van der Waals surface area contributed by atoms with Crippen LogP contribution in [0.2, 0.25) is 10.0 Å². The van der Waals surface area contributed by atoms with Crippen LogP contribution in [-0.4, -0.2) is 21.0 Å². The van der Waals surface area contributed by atoms with Gasteiger partial charge in [0, 0.05) is 22.6 Å². The minimum absolute atomic E-state index is 0.0327. The molecule has 0 radical (unpaired) electrons. The van der Waals surface area contributed by atoms with Gasteiger partial charge in [-0.1, -0.05) is 23.2 Å². The van der Waals surface area contributed by atoms with Crippen LogP contribution in [0.4, 0.5) is 0 Å². The highest BCUT2D eigenvalue weighted by atomic mass is 35.5. The first-order chi connectivity index (χ1) is 7.35. The fraction of sp³-hybridized carbons (Fsp3) is 0.333. The molecule has 1 atom stereocenters. The fourth-order valence-electron chi connectivity index (χ4n) is 1.06. The predicted molar refractivity (Wildman–Crippen MR) is 65.3 cm³/mol. The van der Waals surface area contributed by atoms with Gasteiger partial charge in [-0.25, -0.2) is 13.1 Å². The molecule has 1 aromatic rings. The molecule has 0 aliphatic carbocycles. The topological polar surface area (TPSA) is 72.2 Å². The smallest absolute Gasteiger partial charge is 0.240 e. The predicted octanol–water partition coefficient (Wildman–Crippen LogP) is 1.62. The van der Waals surface area contributed by atoms with Gasteiger partial charge in [-0.3, -0.25) is 0 Å². The third kappa shape index (κ3) is 3.61. The molecule has 0 unspecified atom stereocenters. The van der Waals surface area contributed by atoms with Crippen molar-refractivity contribution >= 4 is 33.2 Å². The average Bonchev–Trinajstić information content (AvgIpc) is 2.15. The Kier molecular flexibility index (Phi) is 4.58. The summed E-state index contributed by atoms with van der Waals surface area (Å²) in [6, 6.07) is 3.79. The first kappa shape index (κ1) is 13.7. The monoisotopic (exact) mass is 282 g/mol. The number of nitrogens with one attached hydrogen (secondary N) is 1. The lowest BCUT2D eigenvalue weighted by atomic mass is 10.4. The van der Waals surface area contributed by atoms with Crippen LogP contribution in [0.1, 0.15) is 6.92 Å². The molecule has 1 rings (SSSR count). The molecule has 0 fully saturated rings. The lowest BCUT2D eigenvalue weighted by Crippen LogP contribution is -2.37. The van der Waals surface area contributed by atoms with Crippen LogP contribution in [0, 0.1) is 0 Å². The van der Waals surface area contributed by atoms with E-state index in [0.29, 0.717) is 0 Å². The van der Waals surface area contributed by atoms with E-state index in [1.54, 1.807) is 6.92 Å². The van der Waals surface area contributed by atoms with E-state index in [2.05, 4.69) is 4.72 Å². The van der Waals surface area contributed by atoms with Crippen LogP contribution >= 0.6 is 23.2 Å². The molecule has 0 spiro atoms. The highest BCUT2D eigenvalue weighted by Crippen LogP contribution is 2.22. The summed E-state index contributed by atoms with van der Waals surface area (Å²) in [7, 11) is -3.62. The molecule has 4 nitrogen and oxygen atoms in total. The quantitative estimate of drug-likeness (QED) is 0.882. The summed E-state index contributed by atoms with van der Waals surface area (Å²) in [5.41, 5.74) is 5.34. The number of sulfonamides is 1. The van der Waals surface area contributed by atoms with E-state index in [9.17, 15) is 8.42 Å². The number of benzene rings is 1. The first-order valence-corrected chi connectivity index (χ1v) is 6.77. The van der Waals surface area contributed by atoms with E-state index < -0.39 is 10.0 Å². The summed E-state index contributed by atoms with van der Waals surface area (Å²) in [6.45, 7) is 1.89. The van der Waals surface area contributed by atoms with Crippen LogP contribution in [0.3, 0.4) is 0 Å². The molecular weight excluding hydrogens is 271 g/mol. The van der Waals surface area contributed by atoms with Gasteiger partial charge < -0.3 is 5.73 Å². The zero-order valence-electron chi connectivity index (χ0n) is 8.57. The van der Waals surface area contributed by atoms with Crippen LogP contribution in [0.5, 0.6) is 0 Å². The second-order valence-electron chi connectivity index (χ2n) is 3.36. The zero-order valence-corrected chi connectivity index (χ0v) is 10.9. The van der Waals surface area contributed by atoms with E-state index in [1.165, 1.54) is 18.2 Å². The van der Waals surface area contributed by atoms with Crippen LogP contribution in [-0.2, 0) is 10.0 Å². The maximum Gasteiger partial charge on any atom is 0.240 e. The Morgan fingerprint density at radius 1 is 1.31 bits per heavy atom. The van der Waals surface area contributed by atoms with Crippen LogP contribution in [0.25, 0.3) is 0 Å². The highest BCUT2D eigenvalue weighted by molar-refractivity contribution is 7.89. The van der Waals surface area contributed by atoms with Crippen molar-refractivity contribution in [3.63, 3.8) is 0 Å². The van der Waals surface area contributed by atoms with Gasteiger partial charge in [0.1, 0.15) is 0 Å². The largest absolute Gasteiger partial charge is 0.329 e. The van der Waals surface area contributed by atoms with Crippen molar-refractivity contribution in [1.29, 1.82) is 0 Å². The summed E-state index contributed by atoms with van der Waals surface area (Å²) in [6.07, 6.45) is 0. The minimum Gasteiger partial charge on any atom is -0.329 e. The Morgan fingerprint density at radius 3 is 2.25 bits per heavy atom. The van der Waals surface area contributed by atoms with Crippen molar-refractivity contribution in [2.24, 2.45) is 5.73 Å². The molecule has 7 heteroatoms. The number of rotatable bonds is 4. The van der Waals surface area contributed by atoms with Crippen molar-refractivity contribution in [2.45, 2.75) is 17.9 Å². The Morgan fingerprint density at radius 2 is 1.81 bits per heavy atom. The van der Waals surface area contributed by atoms with Crippen molar-refractivity contribution in [3.8, 4) is 0 Å². The molecule has 1 aromatic carbocycles. The van der Waals surface area contributed by atoms with E-state index in [4.69, 9.17) is 28.9 Å². The van der Waals surface area contributed by atoms with Gasteiger partial charge in [0.15, 0.2) is 0 Å². The summed E-state index contributed by atoms with van der Waals surface area (Å²) < 4.78 is 26.1. The zero-order chi connectivity index (χ0) is 12.3. The van der Waals surface area contributed by atoms with Gasteiger partial charge >= 0.3 is 0 Å². The number of hydrogen-bond acceptors (Lipinski definition) is 3. The van der Waals surface area contributed by atoms with Gasteiger partial charge in [-0.05, 0) is 25.1 Å². The van der Waals surface area contributed by atoms with E-state index in [1.807, 2.05) is 0 Å². The molecule has 3 N–H and O–H groups in total. The number of hydrogen-bond donors (Lipinski definition) is 2. The van der Waals surface area contributed by atoms with Gasteiger partial charge in [-0.2, -0.15) is 0 Å². The third-order valence-corrected chi connectivity index (χ3v) is 3.86. The Bertz CT molecular complexity index is 456. The maximum atomic E-state index is 11.8. The van der Waals surface area contributed by atoms with Gasteiger partial charge in [0.05, 0.1) is 4.90 Å². The molecule has 0 heterocycles. The first-order valence-electron chi connectivity index (χ1n) is 4.53. The van der Waals surface area contributed by atoms with Crippen LogP contribution in [0.15, 0.2) is 23.1 Å². The van der Waals surface area contributed by atoms with E-state index >= 15 is 0 Å². The SMILES string of the molecule is C[C@H](CN)NS(=O)(=O)c1cc(Cl)cc(Cl)c1. The van der Waals surface area contributed by atoms with E-state index in [-0.39, 0.29) is 27.5 Å². The van der Waals surface area contributed by atoms with Crippen molar-refractivity contribution in [2.75, 3.05) is 6.54 Å². The Hall–Kier alpha value is -0.330. The molecule has 16 heavy (non-hydrogen) atoms. The molecule has 0 saturated heterocycles. The normalized spacial score (nSPS) is 13.8. The third-order valence-electron chi connectivity index (χ3n) is 1.86. The summed E-state index contributed by atoms with van der Waals surface area (Å²) in [4.78, 5) is 0.0327. The molecule has 0 aromatic heterocycles. The van der Waals surface area contributed by atoms with Gasteiger partial charge in [0.25, 0.3) is 0 Å². The molecule has 0 saturated carbocycles. The highest BCUT2D eigenvalue weighted by Gasteiger charge is 2.17. The molecule has 0 bridgehead atoms. The van der Waals surface area contributed by atoms with Crippen molar-refractivity contribution < 1.29 is 8.42 Å². The summed E-state index contributed by atoms with van der Waals surface area (Å²) in [5, 5.41) is 0.543. The second kappa shape index (κ2) is 5.33. The Labute approximate surface area is 105 Å². The molecule has 90 valence electrons. The molecule has 0 aliphatic heterocycles. The average molecular weight is 283 g/mol. The van der Waals surface area contributed by atoms with Crippen molar-refractivity contribution in [1.82, 2.24) is 4.72 Å². The van der Waals surface area contributed by atoms with Crippen molar-refractivity contribution in [3.05, 3.63) is 28.2 Å². The number of nitrogens with two attached hydrogens (primary N) is 1. The minimum atomic E-state index is -3.62. The lowest BCUT2D eigenvalue weighted by molar-refractivity contribution is 0.562. The molecule has 0 amide bonds. The maximum absolute atomic E-state index is 11.8. The second-order valence-corrected chi connectivity index (χ2v) is 5.95. The van der Waals surface area contributed by atoms with E-state index in [0.717, 1.165) is 0 Å². The Balaban J connectivity index is 3.07. The summed E-state index contributed by atoms with van der Waals surface area (Å²) >= 11 is 11.5. The van der Waals surface area contributed by atoms with Gasteiger partial charge in [0.2, 0.25) is 10.0 Å². The van der Waals surface area contributed by atoms with Gasteiger partial charge in [-0.15, -0.1) is 0 Å². The lowest BCUT2D eigenvalue weighted by Gasteiger charge is -2.12. The standard InChI is InChI=1S/C9H12Cl2N2O2S/c1-6(5-12)13-16(14,15)9-3-7(10)2-8(11)4-9/h2-4,6,13H,5,12H2,1H3/t6-/m1/s1. The molecule has 0 aliphatic rings. The summed E-state index contributed by atoms with van der Waals surface area (Å²) in [5.74, 6) is 0. The molecular formula is C9H12Cl2N2O2S. The number of halogens is 2. The van der Waals surface area contributed by atoms with Crippen LogP contribution < -0.4 is 10.5 Å².